The van der Waals surface area contributed by atoms with Crippen molar-refractivity contribution in [2.24, 2.45) is 0 Å². The third-order valence-corrected chi connectivity index (χ3v) is 6.27. The maximum atomic E-state index is 13.7. The number of aromatic amines is 1. The van der Waals surface area contributed by atoms with Crippen LogP contribution in [0.1, 0.15) is 25.7 Å². The number of carbonyl (C=O) groups excluding carboxylic acids is 2. The van der Waals surface area contributed by atoms with Gasteiger partial charge >= 0.3 is 0 Å². The Bertz CT molecular complexity index is 1160. The molecule has 5 rings (SSSR count). The van der Waals surface area contributed by atoms with Crippen LogP contribution in [0.4, 0.5) is 15.9 Å². The van der Waals surface area contributed by atoms with Crippen molar-refractivity contribution in [2.75, 3.05) is 23.3 Å². The molecule has 10 heteroatoms. The predicted octanol–water partition coefficient (Wildman–Crippen LogP) is 3.35. The highest BCUT2D eigenvalue weighted by Gasteiger charge is 2.41. The van der Waals surface area contributed by atoms with Crippen LogP contribution in [0.15, 0.2) is 36.8 Å². The van der Waals surface area contributed by atoms with Crippen LogP contribution in [0.5, 0.6) is 0 Å². The standard InChI is InChI=1S/C22H22ClFN6O2/c23-13-9-14(24)11-15(10-13)28-17-3-1-7-29(21(17)31)18-4-2-8-30(22(18)32)20-16-5-6-25-19(16)26-12-27-20/h5-6,9-12,17-18,28H,1-4,7-8H2,(H,25,26,27)/t17-,18+/m0/s1. The van der Waals surface area contributed by atoms with Crippen molar-refractivity contribution >= 4 is 46.0 Å². The highest BCUT2D eigenvalue weighted by Crippen LogP contribution is 2.30. The Morgan fingerprint density at radius 2 is 1.94 bits per heavy atom. The van der Waals surface area contributed by atoms with E-state index in [9.17, 15) is 14.0 Å². The highest BCUT2D eigenvalue weighted by molar-refractivity contribution is 6.30. The number of rotatable bonds is 4. The molecule has 166 valence electrons. The summed E-state index contributed by atoms with van der Waals surface area (Å²) in [5.41, 5.74) is 1.11. The molecule has 0 spiro atoms. The fourth-order valence-corrected chi connectivity index (χ4v) is 4.83. The van der Waals surface area contributed by atoms with E-state index >= 15 is 0 Å². The molecule has 0 radical (unpaired) electrons. The Morgan fingerprint density at radius 1 is 1.09 bits per heavy atom. The van der Waals surface area contributed by atoms with E-state index in [1.54, 1.807) is 22.1 Å². The van der Waals surface area contributed by atoms with E-state index < -0.39 is 17.9 Å². The monoisotopic (exact) mass is 456 g/mol. The maximum Gasteiger partial charge on any atom is 0.250 e. The van der Waals surface area contributed by atoms with Crippen molar-refractivity contribution in [2.45, 2.75) is 37.8 Å². The summed E-state index contributed by atoms with van der Waals surface area (Å²) >= 11 is 5.94. The molecule has 2 fully saturated rings. The second kappa shape index (κ2) is 8.38. The number of anilines is 2. The molecular formula is C22H22ClFN6O2. The normalized spacial score (nSPS) is 21.9. The van der Waals surface area contributed by atoms with Crippen molar-refractivity contribution in [3.05, 3.63) is 47.6 Å². The minimum Gasteiger partial charge on any atom is -0.374 e. The average Bonchev–Trinajstić information content (AvgIpc) is 3.24. The molecule has 2 saturated heterocycles. The first kappa shape index (κ1) is 20.7. The second-order valence-corrected chi connectivity index (χ2v) is 8.55. The number of hydrogen-bond acceptors (Lipinski definition) is 5. The van der Waals surface area contributed by atoms with Crippen molar-refractivity contribution in [3.8, 4) is 0 Å². The van der Waals surface area contributed by atoms with E-state index in [1.807, 2.05) is 6.07 Å². The largest absolute Gasteiger partial charge is 0.374 e. The summed E-state index contributed by atoms with van der Waals surface area (Å²) in [6.07, 6.45) is 5.89. The molecule has 2 aromatic heterocycles. The zero-order valence-electron chi connectivity index (χ0n) is 17.2. The average molecular weight is 457 g/mol. The van der Waals surface area contributed by atoms with E-state index in [1.165, 1.54) is 18.5 Å². The molecule has 2 aliphatic rings. The van der Waals surface area contributed by atoms with E-state index in [0.29, 0.717) is 43.1 Å². The quantitative estimate of drug-likeness (QED) is 0.628. The summed E-state index contributed by atoms with van der Waals surface area (Å²) in [5.74, 6) is -0.217. The number of nitrogens with one attached hydrogen (secondary N) is 2. The van der Waals surface area contributed by atoms with Gasteiger partial charge in [0.15, 0.2) is 0 Å². The van der Waals surface area contributed by atoms with Crippen LogP contribution in [0.3, 0.4) is 0 Å². The molecule has 2 aliphatic heterocycles. The minimum atomic E-state index is -0.555. The number of carbonyl (C=O) groups is 2. The van der Waals surface area contributed by atoms with Gasteiger partial charge in [-0.05, 0) is 49.9 Å². The molecule has 0 saturated carbocycles. The lowest BCUT2D eigenvalue weighted by atomic mass is 9.97. The van der Waals surface area contributed by atoms with Crippen LogP contribution in [-0.4, -0.2) is 56.8 Å². The lowest BCUT2D eigenvalue weighted by Gasteiger charge is -2.41. The van der Waals surface area contributed by atoms with E-state index in [-0.39, 0.29) is 16.8 Å². The molecule has 3 aromatic rings. The van der Waals surface area contributed by atoms with Gasteiger partial charge in [0.05, 0.1) is 5.39 Å². The summed E-state index contributed by atoms with van der Waals surface area (Å²) in [6, 6.07) is 4.86. The molecule has 2 atom stereocenters. The van der Waals surface area contributed by atoms with Crippen LogP contribution in [0.2, 0.25) is 5.02 Å². The van der Waals surface area contributed by atoms with Gasteiger partial charge in [0, 0.05) is 30.0 Å². The van der Waals surface area contributed by atoms with Crippen molar-refractivity contribution in [1.82, 2.24) is 19.9 Å². The number of fused-ring (bicyclic) bond motifs is 1. The first-order chi connectivity index (χ1) is 15.5. The van der Waals surface area contributed by atoms with Gasteiger partial charge < -0.3 is 15.2 Å². The number of nitrogens with zero attached hydrogens (tertiary/aromatic N) is 4. The van der Waals surface area contributed by atoms with Gasteiger partial charge in [0.25, 0.3) is 5.91 Å². The van der Waals surface area contributed by atoms with E-state index in [4.69, 9.17) is 11.6 Å². The summed E-state index contributed by atoms with van der Waals surface area (Å²) in [5, 5.41) is 4.12. The molecular weight excluding hydrogens is 435 g/mol. The van der Waals surface area contributed by atoms with E-state index in [0.717, 1.165) is 18.2 Å². The summed E-state index contributed by atoms with van der Waals surface area (Å²) in [6.45, 7) is 1.05. The smallest absolute Gasteiger partial charge is 0.250 e. The number of amides is 2. The van der Waals surface area contributed by atoms with Gasteiger partial charge in [-0.3, -0.25) is 14.5 Å². The molecule has 0 unspecified atom stereocenters. The minimum absolute atomic E-state index is 0.139. The zero-order chi connectivity index (χ0) is 22.2. The molecule has 0 aliphatic carbocycles. The Kier molecular flexibility index (Phi) is 5.42. The number of halogens is 2. The summed E-state index contributed by atoms with van der Waals surface area (Å²) in [4.78, 5) is 41.6. The Hall–Kier alpha value is -3.20. The maximum absolute atomic E-state index is 13.7. The molecule has 0 bridgehead atoms. The molecule has 8 nitrogen and oxygen atoms in total. The number of likely N-dealkylation sites (tertiary alicyclic amines) is 1. The predicted molar refractivity (Wildman–Crippen MR) is 119 cm³/mol. The molecule has 4 heterocycles. The van der Waals surface area contributed by atoms with Gasteiger partial charge in [0.1, 0.15) is 35.7 Å². The van der Waals surface area contributed by atoms with Gasteiger partial charge in [0.2, 0.25) is 5.91 Å². The topological polar surface area (TPSA) is 94.2 Å². The fourth-order valence-electron chi connectivity index (χ4n) is 4.61. The Balaban J connectivity index is 1.37. The van der Waals surface area contributed by atoms with Gasteiger partial charge in [-0.25, -0.2) is 14.4 Å². The summed E-state index contributed by atoms with van der Waals surface area (Å²) < 4.78 is 13.7. The molecule has 2 N–H and O–H groups in total. The third kappa shape index (κ3) is 3.77. The fraction of sp³-hybridized carbons (Fsp3) is 0.364. The zero-order valence-corrected chi connectivity index (χ0v) is 18.0. The van der Waals surface area contributed by atoms with Crippen LogP contribution in [-0.2, 0) is 9.59 Å². The molecule has 32 heavy (non-hydrogen) atoms. The lowest BCUT2D eigenvalue weighted by Crippen LogP contribution is -2.59. The molecule has 2 amide bonds. The SMILES string of the molecule is O=C1[C@H](N2CCC[C@H](Nc3cc(F)cc(Cl)c3)C2=O)CCCN1c1ncnc2[nH]ccc12. The van der Waals surface area contributed by atoms with E-state index in [2.05, 4.69) is 20.3 Å². The van der Waals surface area contributed by atoms with Gasteiger partial charge in [-0.15, -0.1) is 0 Å². The lowest BCUT2D eigenvalue weighted by molar-refractivity contribution is -0.143. The first-order valence-corrected chi connectivity index (χ1v) is 11.0. The number of H-pyrrole nitrogens is 1. The van der Waals surface area contributed by atoms with Gasteiger partial charge in [-0.1, -0.05) is 11.6 Å². The second-order valence-electron chi connectivity index (χ2n) is 8.11. The van der Waals surface area contributed by atoms with Crippen LogP contribution in [0, 0.1) is 5.82 Å². The van der Waals surface area contributed by atoms with Gasteiger partial charge in [-0.2, -0.15) is 0 Å². The third-order valence-electron chi connectivity index (χ3n) is 6.05. The van der Waals surface area contributed by atoms with Crippen LogP contribution in [0.25, 0.3) is 11.0 Å². The van der Waals surface area contributed by atoms with Crippen molar-refractivity contribution < 1.29 is 14.0 Å². The number of benzene rings is 1. The number of hydrogen-bond donors (Lipinski definition) is 2. The van der Waals surface area contributed by atoms with Crippen molar-refractivity contribution in [3.63, 3.8) is 0 Å². The number of piperidine rings is 2. The Morgan fingerprint density at radius 3 is 2.78 bits per heavy atom. The van der Waals surface area contributed by atoms with Crippen molar-refractivity contribution in [1.29, 1.82) is 0 Å². The number of aromatic nitrogens is 3. The Labute approximate surface area is 188 Å². The summed E-state index contributed by atoms with van der Waals surface area (Å²) in [7, 11) is 0. The highest BCUT2D eigenvalue weighted by atomic mass is 35.5. The van der Waals surface area contributed by atoms with Crippen LogP contribution >= 0.6 is 11.6 Å². The molecule has 1 aromatic carbocycles. The van der Waals surface area contributed by atoms with Crippen LogP contribution < -0.4 is 10.2 Å². The first-order valence-electron chi connectivity index (χ1n) is 10.6.